The number of carbonyl (C=O) groups is 1. The number of thiazole rings is 1. The normalized spacial score (nSPS) is 22.3. The zero-order chi connectivity index (χ0) is 14.1. The van der Waals surface area contributed by atoms with Crippen molar-refractivity contribution in [1.29, 1.82) is 0 Å². The molecule has 0 aliphatic heterocycles. The standard InChI is InChI=1S/C14H16ClN3OS/c15-9-4-5-11-12(6-9)20-14(17-11)18-13(19)10-3-1-2-8(10)7-16/h4-6,8,10H,1-3,7,16H2,(H,17,18,19). The number of hydrogen-bond donors (Lipinski definition) is 2. The van der Waals surface area contributed by atoms with Crippen LogP contribution in [-0.2, 0) is 4.79 Å². The number of rotatable bonds is 3. The molecule has 0 radical (unpaired) electrons. The highest BCUT2D eigenvalue weighted by Gasteiger charge is 2.32. The van der Waals surface area contributed by atoms with Crippen molar-refractivity contribution in [2.75, 3.05) is 11.9 Å². The average Bonchev–Trinajstić information content (AvgIpc) is 3.03. The van der Waals surface area contributed by atoms with Gasteiger partial charge in [-0.15, -0.1) is 0 Å². The van der Waals surface area contributed by atoms with E-state index >= 15 is 0 Å². The fourth-order valence-corrected chi connectivity index (χ4v) is 3.96. The van der Waals surface area contributed by atoms with Crippen LogP contribution in [0.1, 0.15) is 19.3 Å². The van der Waals surface area contributed by atoms with Crippen molar-refractivity contribution in [3.05, 3.63) is 23.2 Å². The summed E-state index contributed by atoms with van der Waals surface area (Å²) in [6.45, 7) is 0.577. The van der Waals surface area contributed by atoms with Crippen LogP contribution in [0, 0.1) is 11.8 Å². The molecule has 0 saturated heterocycles. The summed E-state index contributed by atoms with van der Waals surface area (Å²) in [5.74, 6) is 0.373. The third kappa shape index (κ3) is 2.66. The van der Waals surface area contributed by atoms with Gasteiger partial charge in [-0.2, -0.15) is 0 Å². The lowest BCUT2D eigenvalue weighted by molar-refractivity contribution is -0.120. The van der Waals surface area contributed by atoms with Gasteiger partial charge in [-0.25, -0.2) is 4.98 Å². The summed E-state index contributed by atoms with van der Waals surface area (Å²) in [6.07, 6.45) is 3.05. The molecule has 1 fully saturated rings. The number of anilines is 1. The van der Waals surface area contributed by atoms with Crippen LogP contribution in [-0.4, -0.2) is 17.4 Å². The minimum absolute atomic E-state index is 0.0237. The number of nitrogens with zero attached hydrogens (tertiary/aromatic N) is 1. The summed E-state index contributed by atoms with van der Waals surface area (Å²) < 4.78 is 0.981. The Morgan fingerprint density at radius 3 is 3.15 bits per heavy atom. The number of benzene rings is 1. The Hall–Kier alpha value is -1.17. The summed E-state index contributed by atoms with van der Waals surface area (Å²) in [5, 5.41) is 4.24. The van der Waals surface area contributed by atoms with Crippen LogP contribution in [0.25, 0.3) is 10.2 Å². The Balaban J connectivity index is 1.77. The number of fused-ring (bicyclic) bond motifs is 1. The van der Waals surface area contributed by atoms with Crippen LogP contribution < -0.4 is 11.1 Å². The van der Waals surface area contributed by atoms with Crippen molar-refractivity contribution in [2.45, 2.75) is 19.3 Å². The van der Waals surface area contributed by atoms with E-state index in [2.05, 4.69) is 10.3 Å². The number of hydrogen-bond acceptors (Lipinski definition) is 4. The number of carbonyl (C=O) groups excluding carboxylic acids is 1. The maximum Gasteiger partial charge on any atom is 0.229 e. The molecular formula is C14H16ClN3OS. The van der Waals surface area contributed by atoms with E-state index in [1.807, 2.05) is 12.1 Å². The predicted molar refractivity (Wildman–Crippen MR) is 83.1 cm³/mol. The molecule has 1 heterocycles. The highest BCUT2D eigenvalue weighted by Crippen LogP contribution is 2.33. The van der Waals surface area contributed by atoms with Gasteiger partial charge in [-0.05, 0) is 43.5 Å². The largest absolute Gasteiger partial charge is 0.330 e. The quantitative estimate of drug-likeness (QED) is 0.914. The molecule has 4 nitrogen and oxygen atoms in total. The highest BCUT2D eigenvalue weighted by molar-refractivity contribution is 7.22. The summed E-state index contributed by atoms with van der Waals surface area (Å²) in [6, 6.07) is 5.53. The fraction of sp³-hybridized carbons (Fsp3) is 0.429. The number of halogens is 1. The first-order valence-electron chi connectivity index (χ1n) is 6.74. The molecule has 0 spiro atoms. The molecule has 106 valence electrons. The van der Waals surface area contributed by atoms with Crippen LogP contribution in [0.4, 0.5) is 5.13 Å². The van der Waals surface area contributed by atoms with E-state index < -0.39 is 0 Å². The molecule has 1 aromatic carbocycles. The Morgan fingerprint density at radius 1 is 1.50 bits per heavy atom. The van der Waals surface area contributed by atoms with Gasteiger partial charge in [0.1, 0.15) is 0 Å². The number of aromatic nitrogens is 1. The maximum absolute atomic E-state index is 12.3. The molecular weight excluding hydrogens is 294 g/mol. The predicted octanol–water partition coefficient (Wildman–Crippen LogP) is 3.26. The lowest BCUT2D eigenvalue weighted by Gasteiger charge is -2.16. The van der Waals surface area contributed by atoms with Gasteiger partial charge in [0, 0.05) is 10.9 Å². The molecule has 1 aliphatic carbocycles. The monoisotopic (exact) mass is 309 g/mol. The van der Waals surface area contributed by atoms with Gasteiger partial charge >= 0.3 is 0 Å². The van der Waals surface area contributed by atoms with Crippen LogP contribution in [0.2, 0.25) is 5.02 Å². The van der Waals surface area contributed by atoms with E-state index in [-0.39, 0.29) is 11.8 Å². The van der Waals surface area contributed by atoms with E-state index in [1.165, 1.54) is 11.3 Å². The van der Waals surface area contributed by atoms with Gasteiger partial charge in [0.2, 0.25) is 5.91 Å². The molecule has 20 heavy (non-hydrogen) atoms. The Morgan fingerprint density at radius 2 is 2.35 bits per heavy atom. The summed E-state index contributed by atoms with van der Waals surface area (Å²) in [4.78, 5) is 16.7. The minimum atomic E-state index is 0.0237. The molecule has 1 aromatic heterocycles. The van der Waals surface area contributed by atoms with E-state index in [9.17, 15) is 4.79 Å². The van der Waals surface area contributed by atoms with Gasteiger partial charge in [-0.1, -0.05) is 29.4 Å². The zero-order valence-corrected chi connectivity index (χ0v) is 12.5. The Kier molecular flexibility index (Phi) is 3.92. The van der Waals surface area contributed by atoms with Crippen molar-refractivity contribution < 1.29 is 4.79 Å². The SMILES string of the molecule is NCC1CCCC1C(=O)Nc1nc2ccc(Cl)cc2s1. The second kappa shape index (κ2) is 5.68. The highest BCUT2D eigenvalue weighted by atomic mass is 35.5. The van der Waals surface area contributed by atoms with Crippen LogP contribution >= 0.6 is 22.9 Å². The van der Waals surface area contributed by atoms with Gasteiger partial charge in [0.05, 0.1) is 10.2 Å². The molecule has 1 aliphatic rings. The number of nitrogens with two attached hydrogens (primary N) is 1. The van der Waals surface area contributed by atoms with E-state index in [1.54, 1.807) is 6.07 Å². The second-order valence-electron chi connectivity index (χ2n) is 5.15. The first-order valence-corrected chi connectivity index (χ1v) is 7.94. The maximum atomic E-state index is 12.3. The van der Waals surface area contributed by atoms with E-state index in [0.29, 0.717) is 22.6 Å². The van der Waals surface area contributed by atoms with Gasteiger partial charge in [-0.3, -0.25) is 4.79 Å². The average molecular weight is 310 g/mol. The second-order valence-corrected chi connectivity index (χ2v) is 6.62. The lowest BCUT2D eigenvalue weighted by atomic mass is 9.95. The van der Waals surface area contributed by atoms with Crippen LogP contribution in [0.5, 0.6) is 0 Å². The molecule has 3 rings (SSSR count). The Bertz CT molecular complexity index is 642. The molecule has 0 bridgehead atoms. The van der Waals surface area contributed by atoms with Gasteiger partial charge in [0.15, 0.2) is 5.13 Å². The first kappa shape index (κ1) is 13.8. The fourth-order valence-electron chi connectivity index (χ4n) is 2.81. The van der Waals surface area contributed by atoms with Crippen LogP contribution in [0.3, 0.4) is 0 Å². The Labute approximate surface area is 126 Å². The molecule has 1 saturated carbocycles. The molecule has 2 aromatic rings. The van der Waals surface area contributed by atoms with Crippen molar-refractivity contribution in [3.63, 3.8) is 0 Å². The van der Waals surface area contributed by atoms with E-state index in [0.717, 1.165) is 29.5 Å². The van der Waals surface area contributed by atoms with Crippen molar-refractivity contribution in [1.82, 2.24) is 4.98 Å². The summed E-state index contributed by atoms with van der Waals surface area (Å²) in [5.41, 5.74) is 6.58. The van der Waals surface area contributed by atoms with Crippen LogP contribution in [0.15, 0.2) is 18.2 Å². The molecule has 3 N–H and O–H groups in total. The molecule has 6 heteroatoms. The van der Waals surface area contributed by atoms with Crippen molar-refractivity contribution >= 4 is 44.2 Å². The van der Waals surface area contributed by atoms with Crippen molar-refractivity contribution in [3.8, 4) is 0 Å². The number of amides is 1. The van der Waals surface area contributed by atoms with E-state index in [4.69, 9.17) is 17.3 Å². The lowest BCUT2D eigenvalue weighted by Crippen LogP contribution is -2.29. The topological polar surface area (TPSA) is 68.0 Å². The minimum Gasteiger partial charge on any atom is -0.330 e. The third-order valence-corrected chi connectivity index (χ3v) is 5.05. The van der Waals surface area contributed by atoms with Gasteiger partial charge < -0.3 is 11.1 Å². The first-order chi connectivity index (χ1) is 9.67. The third-order valence-electron chi connectivity index (χ3n) is 3.88. The summed E-state index contributed by atoms with van der Waals surface area (Å²) >= 11 is 7.40. The smallest absolute Gasteiger partial charge is 0.229 e. The van der Waals surface area contributed by atoms with Gasteiger partial charge in [0.25, 0.3) is 0 Å². The molecule has 2 unspecified atom stereocenters. The summed E-state index contributed by atoms with van der Waals surface area (Å²) in [7, 11) is 0. The zero-order valence-electron chi connectivity index (χ0n) is 10.9. The van der Waals surface area contributed by atoms with Crippen molar-refractivity contribution in [2.24, 2.45) is 17.6 Å². The molecule has 2 atom stereocenters. The molecule has 1 amide bonds. The number of nitrogens with one attached hydrogen (secondary N) is 1.